The van der Waals surface area contributed by atoms with Gasteiger partial charge in [0.25, 0.3) is 11.5 Å². The molecule has 0 atom stereocenters. The number of aryl methyl sites for hydroxylation is 2. The monoisotopic (exact) mass is 482 g/mol. The van der Waals surface area contributed by atoms with Crippen LogP contribution >= 0.6 is 22.9 Å². The first-order chi connectivity index (χ1) is 15.9. The minimum absolute atomic E-state index is 0.190. The molecule has 0 aliphatic carbocycles. The van der Waals surface area contributed by atoms with Crippen LogP contribution < -0.4 is 15.6 Å². The Morgan fingerprint density at radius 3 is 2.64 bits per heavy atom. The summed E-state index contributed by atoms with van der Waals surface area (Å²) in [5, 5.41) is 7.03. The number of nitrogens with zero attached hydrogens (tertiary/aromatic N) is 2. The first-order valence-electron chi connectivity index (χ1n) is 10.4. The van der Waals surface area contributed by atoms with Gasteiger partial charge in [0, 0.05) is 22.7 Å². The lowest BCUT2D eigenvalue weighted by molar-refractivity contribution is 0.102. The molecule has 2 N–H and O–H groups in total. The van der Waals surface area contributed by atoms with Gasteiger partial charge in [0.1, 0.15) is 10.6 Å². The van der Waals surface area contributed by atoms with Crippen molar-refractivity contribution in [2.45, 2.75) is 27.2 Å². The van der Waals surface area contributed by atoms with Crippen LogP contribution in [0.1, 0.15) is 39.1 Å². The number of hydrogen-bond acceptors (Lipinski definition) is 5. The van der Waals surface area contributed by atoms with Gasteiger partial charge >= 0.3 is 0 Å². The van der Waals surface area contributed by atoms with Crippen LogP contribution in [-0.4, -0.2) is 27.3 Å². The number of halogens is 1. The van der Waals surface area contributed by atoms with Gasteiger partial charge in [-0.1, -0.05) is 47.2 Å². The van der Waals surface area contributed by atoms with Crippen LogP contribution in [-0.2, 0) is 6.42 Å². The zero-order chi connectivity index (χ0) is 23.5. The van der Waals surface area contributed by atoms with Gasteiger partial charge < -0.3 is 10.1 Å². The van der Waals surface area contributed by atoms with E-state index in [-0.39, 0.29) is 11.5 Å². The number of carbonyl (C=O) groups excluding carboxylic acids is 1. The smallest absolute Gasteiger partial charge is 0.277 e. The summed E-state index contributed by atoms with van der Waals surface area (Å²) in [6.07, 6.45) is 0.469. The predicted octanol–water partition coefficient (Wildman–Crippen LogP) is 5.13. The van der Waals surface area contributed by atoms with E-state index >= 15 is 0 Å². The van der Waals surface area contributed by atoms with Gasteiger partial charge in [0.15, 0.2) is 0 Å². The van der Waals surface area contributed by atoms with Crippen molar-refractivity contribution in [3.05, 3.63) is 91.3 Å². The third kappa shape index (κ3) is 4.86. The molecule has 2 heterocycles. The summed E-state index contributed by atoms with van der Waals surface area (Å²) in [6.45, 7) is 5.97. The number of hydrogen-bond donors (Lipinski definition) is 2. The molecule has 1 amide bonds. The Balaban J connectivity index is 1.60. The lowest BCUT2D eigenvalue weighted by Gasteiger charge is -2.10. The van der Waals surface area contributed by atoms with Crippen LogP contribution in [0.4, 0.5) is 5.69 Å². The van der Waals surface area contributed by atoms with Crippen LogP contribution in [0.2, 0.25) is 5.02 Å². The van der Waals surface area contributed by atoms with E-state index < -0.39 is 0 Å². The minimum Gasteiger partial charge on any atom is -0.492 e. The highest BCUT2D eigenvalue weighted by atomic mass is 35.5. The molecule has 9 heteroatoms. The molecule has 0 radical (unpaired) electrons. The number of aromatic nitrogens is 3. The summed E-state index contributed by atoms with van der Waals surface area (Å²) in [7, 11) is 0. The molecule has 0 fully saturated rings. The number of rotatable bonds is 7. The molecule has 4 rings (SSSR count). The van der Waals surface area contributed by atoms with E-state index in [1.54, 1.807) is 31.2 Å². The zero-order valence-electron chi connectivity index (χ0n) is 18.4. The molecule has 0 unspecified atom stereocenters. The molecule has 0 aliphatic heterocycles. The SMILES string of the molecule is CCOc1ccccc1NC(=O)c1sc(-n2[nH]c(C)c(Cc3ccc(Cl)cc3)c2=O)nc1C. The maximum absolute atomic E-state index is 13.1. The first kappa shape index (κ1) is 22.8. The van der Waals surface area contributed by atoms with Gasteiger partial charge in [0.2, 0.25) is 5.13 Å². The lowest BCUT2D eigenvalue weighted by atomic mass is 10.1. The van der Waals surface area contributed by atoms with Crippen molar-refractivity contribution >= 4 is 34.5 Å². The Labute approximate surface area is 200 Å². The van der Waals surface area contributed by atoms with Crippen LogP contribution in [0.3, 0.4) is 0 Å². The van der Waals surface area contributed by atoms with Crippen molar-refractivity contribution in [2.24, 2.45) is 0 Å². The van der Waals surface area contributed by atoms with E-state index in [4.69, 9.17) is 16.3 Å². The number of para-hydroxylation sites is 2. The molecule has 33 heavy (non-hydrogen) atoms. The number of nitrogens with one attached hydrogen (secondary N) is 2. The Bertz CT molecular complexity index is 1360. The third-order valence-electron chi connectivity index (χ3n) is 5.11. The summed E-state index contributed by atoms with van der Waals surface area (Å²) in [5.74, 6) is 0.292. The van der Waals surface area contributed by atoms with Gasteiger partial charge in [-0.2, -0.15) is 4.68 Å². The fourth-order valence-corrected chi connectivity index (χ4v) is 4.50. The molecule has 170 valence electrons. The fraction of sp³-hybridized carbons (Fsp3) is 0.208. The van der Waals surface area contributed by atoms with Crippen LogP contribution in [0.25, 0.3) is 5.13 Å². The Morgan fingerprint density at radius 2 is 1.91 bits per heavy atom. The summed E-state index contributed by atoms with van der Waals surface area (Å²) in [6, 6.07) is 14.6. The van der Waals surface area contributed by atoms with Crippen molar-refractivity contribution in [2.75, 3.05) is 11.9 Å². The molecular weight excluding hydrogens is 460 g/mol. The van der Waals surface area contributed by atoms with Crippen molar-refractivity contribution in [3.63, 3.8) is 0 Å². The lowest BCUT2D eigenvalue weighted by Crippen LogP contribution is -2.17. The number of carbonyl (C=O) groups is 1. The normalized spacial score (nSPS) is 10.9. The average Bonchev–Trinajstić information content (AvgIpc) is 3.31. The maximum Gasteiger partial charge on any atom is 0.277 e. The number of amides is 1. The summed E-state index contributed by atoms with van der Waals surface area (Å²) in [4.78, 5) is 31.0. The third-order valence-corrected chi connectivity index (χ3v) is 6.50. The summed E-state index contributed by atoms with van der Waals surface area (Å²) in [5.41, 5.74) is 3.30. The van der Waals surface area contributed by atoms with Gasteiger partial charge in [-0.3, -0.25) is 14.7 Å². The molecule has 7 nitrogen and oxygen atoms in total. The second-order valence-electron chi connectivity index (χ2n) is 7.45. The zero-order valence-corrected chi connectivity index (χ0v) is 20.0. The molecule has 0 saturated carbocycles. The molecule has 0 saturated heterocycles. The van der Waals surface area contributed by atoms with E-state index in [0.29, 0.717) is 50.8 Å². The van der Waals surface area contributed by atoms with Crippen molar-refractivity contribution in [3.8, 4) is 10.9 Å². The Hall–Kier alpha value is -3.36. The van der Waals surface area contributed by atoms with Crippen LogP contribution in [0.5, 0.6) is 5.75 Å². The van der Waals surface area contributed by atoms with Crippen molar-refractivity contribution < 1.29 is 9.53 Å². The second kappa shape index (κ2) is 9.64. The van der Waals surface area contributed by atoms with Crippen molar-refractivity contribution in [1.82, 2.24) is 14.8 Å². The molecule has 0 aliphatic rings. The number of aromatic amines is 1. The standard InChI is InChI=1S/C24H23ClN4O3S/c1-4-32-20-8-6-5-7-19(20)27-22(30)21-15(3)26-24(33-21)29-23(31)18(14(2)28-29)13-16-9-11-17(25)12-10-16/h5-12,28H,4,13H2,1-3H3,(H,27,30). The molecule has 2 aromatic carbocycles. The van der Waals surface area contributed by atoms with E-state index in [2.05, 4.69) is 15.4 Å². The van der Waals surface area contributed by atoms with E-state index in [1.807, 2.05) is 38.1 Å². The van der Waals surface area contributed by atoms with Crippen LogP contribution in [0, 0.1) is 13.8 Å². The Kier molecular flexibility index (Phi) is 6.67. The molecule has 0 spiro atoms. The van der Waals surface area contributed by atoms with Gasteiger partial charge in [-0.15, -0.1) is 0 Å². The molecular formula is C24H23ClN4O3S. The van der Waals surface area contributed by atoms with Crippen LogP contribution in [0.15, 0.2) is 53.3 Å². The number of H-pyrrole nitrogens is 1. The van der Waals surface area contributed by atoms with Gasteiger partial charge in [-0.05, 0) is 50.6 Å². The number of benzene rings is 2. The molecule has 0 bridgehead atoms. The van der Waals surface area contributed by atoms with Gasteiger partial charge in [-0.25, -0.2) is 4.98 Å². The minimum atomic E-state index is -0.305. The van der Waals surface area contributed by atoms with E-state index in [9.17, 15) is 9.59 Å². The number of thiazole rings is 1. The second-order valence-corrected chi connectivity index (χ2v) is 8.87. The largest absolute Gasteiger partial charge is 0.492 e. The molecule has 2 aromatic heterocycles. The highest BCUT2D eigenvalue weighted by Gasteiger charge is 2.21. The molecule has 4 aromatic rings. The highest BCUT2D eigenvalue weighted by molar-refractivity contribution is 7.16. The summed E-state index contributed by atoms with van der Waals surface area (Å²) >= 11 is 7.11. The average molecular weight is 483 g/mol. The Morgan fingerprint density at radius 1 is 1.18 bits per heavy atom. The highest BCUT2D eigenvalue weighted by Crippen LogP contribution is 2.27. The predicted molar refractivity (Wildman–Crippen MR) is 131 cm³/mol. The quantitative estimate of drug-likeness (QED) is 0.382. The number of anilines is 1. The number of ether oxygens (including phenoxy) is 1. The van der Waals surface area contributed by atoms with Crippen molar-refractivity contribution in [1.29, 1.82) is 0 Å². The topological polar surface area (TPSA) is 89.0 Å². The van der Waals surface area contributed by atoms with Gasteiger partial charge in [0.05, 0.1) is 18.0 Å². The fourth-order valence-electron chi connectivity index (χ4n) is 3.45. The maximum atomic E-state index is 13.1. The first-order valence-corrected chi connectivity index (χ1v) is 11.6. The van der Waals surface area contributed by atoms with E-state index in [1.165, 1.54) is 4.68 Å². The summed E-state index contributed by atoms with van der Waals surface area (Å²) < 4.78 is 6.97. The van der Waals surface area contributed by atoms with E-state index in [0.717, 1.165) is 22.6 Å².